The summed E-state index contributed by atoms with van der Waals surface area (Å²) in [5, 5.41) is 4.51. The first kappa shape index (κ1) is 15.2. The molecule has 0 aliphatic heterocycles. The Bertz CT molecular complexity index is 362. The van der Waals surface area contributed by atoms with Crippen LogP contribution in [-0.2, 0) is 6.42 Å². The molecule has 0 spiro atoms. The molecule has 1 saturated carbocycles. The fourth-order valence-corrected chi connectivity index (χ4v) is 2.95. The third-order valence-electron chi connectivity index (χ3n) is 3.67. The van der Waals surface area contributed by atoms with Crippen molar-refractivity contribution in [2.45, 2.75) is 38.1 Å². The van der Waals surface area contributed by atoms with E-state index in [2.05, 4.69) is 23.7 Å². The number of thioether (sulfide) groups is 1. The predicted molar refractivity (Wildman–Crippen MR) is 87.3 cm³/mol. The van der Waals surface area contributed by atoms with Crippen LogP contribution in [0.1, 0.15) is 31.2 Å². The van der Waals surface area contributed by atoms with Crippen LogP contribution in [0.5, 0.6) is 0 Å². The van der Waals surface area contributed by atoms with Gasteiger partial charge in [-0.1, -0.05) is 23.7 Å². The standard InChI is InChI=1S/C16H24ClNS/c1-19-10-2-3-14(12-18-16-8-9-16)11-13-4-6-15(17)7-5-13/h4-7,14,16,18H,2-3,8-12H2,1H3. The number of rotatable bonds is 9. The molecule has 1 atom stereocenters. The van der Waals surface area contributed by atoms with Crippen LogP contribution in [0.2, 0.25) is 5.02 Å². The molecule has 0 aromatic heterocycles. The van der Waals surface area contributed by atoms with Gasteiger partial charge in [0.15, 0.2) is 0 Å². The molecule has 1 aromatic carbocycles. The van der Waals surface area contributed by atoms with Crippen molar-refractivity contribution in [3.63, 3.8) is 0 Å². The maximum atomic E-state index is 5.95. The summed E-state index contributed by atoms with van der Waals surface area (Å²) in [6.45, 7) is 1.17. The van der Waals surface area contributed by atoms with Gasteiger partial charge in [-0.25, -0.2) is 0 Å². The molecule has 1 N–H and O–H groups in total. The summed E-state index contributed by atoms with van der Waals surface area (Å²) in [6, 6.07) is 9.16. The molecule has 1 aliphatic rings. The van der Waals surface area contributed by atoms with Gasteiger partial charge in [0.1, 0.15) is 0 Å². The van der Waals surface area contributed by atoms with Crippen LogP contribution in [0.15, 0.2) is 24.3 Å². The highest BCUT2D eigenvalue weighted by atomic mass is 35.5. The quantitative estimate of drug-likeness (QED) is 0.678. The zero-order valence-corrected chi connectivity index (χ0v) is 13.3. The van der Waals surface area contributed by atoms with Gasteiger partial charge in [0.25, 0.3) is 0 Å². The van der Waals surface area contributed by atoms with Crippen molar-refractivity contribution in [3.8, 4) is 0 Å². The number of benzene rings is 1. The molecule has 106 valence electrons. The van der Waals surface area contributed by atoms with Gasteiger partial charge in [0, 0.05) is 11.1 Å². The lowest BCUT2D eigenvalue weighted by Gasteiger charge is -2.17. The van der Waals surface area contributed by atoms with Gasteiger partial charge in [-0.15, -0.1) is 0 Å². The van der Waals surface area contributed by atoms with E-state index in [9.17, 15) is 0 Å². The molecule has 0 amide bonds. The van der Waals surface area contributed by atoms with Crippen molar-refractivity contribution in [2.24, 2.45) is 5.92 Å². The summed E-state index contributed by atoms with van der Waals surface area (Å²) >= 11 is 7.90. The summed E-state index contributed by atoms with van der Waals surface area (Å²) < 4.78 is 0. The van der Waals surface area contributed by atoms with Crippen LogP contribution >= 0.6 is 23.4 Å². The molecule has 1 aromatic rings. The second-order valence-corrected chi connectivity index (χ2v) is 6.94. The minimum absolute atomic E-state index is 0.758. The van der Waals surface area contributed by atoms with Gasteiger partial charge in [-0.2, -0.15) is 11.8 Å². The zero-order chi connectivity index (χ0) is 13.5. The molecule has 1 unspecified atom stereocenters. The van der Waals surface area contributed by atoms with Gasteiger partial charge in [-0.05, 0) is 74.3 Å². The molecule has 3 heteroatoms. The molecule has 0 radical (unpaired) electrons. The second kappa shape index (κ2) is 8.18. The molecular weight excluding hydrogens is 274 g/mol. The fraction of sp³-hybridized carbons (Fsp3) is 0.625. The third kappa shape index (κ3) is 6.20. The minimum atomic E-state index is 0.758. The van der Waals surface area contributed by atoms with E-state index in [-0.39, 0.29) is 0 Å². The highest BCUT2D eigenvalue weighted by Crippen LogP contribution is 2.21. The van der Waals surface area contributed by atoms with Crippen molar-refractivity contribution < 1.29 is 0 Å². The van der Waals surface area contributed by atoms with Crippen molar-refractivity contribution in [1.29, 1.82) is 0 Å². The Hall–Kier alpha value is -0.180. The Morgan fingerprint density at radius 1 is 1.32 bits per heavy atom. The van der Waals surface area contributed by atoms with E-state index in [1.807, 2.05) is 23.9 Å². The predicted octanol–water partition coefficient (Wildman–Crippen LogP) is 4.39. The maximum Gasteiger partial charge on any atom is 0.0406 e. The van der Waals surface area contributed by atoms with Crippen LogP contribution in [0.4, 0.5) is 0 Å². The average molecular weight is 298 g/mol. The Labute approximate surface area is 126 Å². The van der Waals surface area contributed by atoms with Gasteiger partial charge in [-0.3, -0.25) is 0 Å². The van der Waals surface area contributed by atoms with Crippen molar-refractivity contribution >= 4 is 23.4 Å². The van der Waals surface area contributed by atoms with Crippen LogP contribution < -0.4 is 5.32 Å². The van der Waals surface area contributed by atoms with E-state index >= 15 is 0 Å². The minimum Gasteiger partial charge on any atom is -0.314 e. The van der Waals surface area contributed by atoms with Crippen molar-refractivity contribution in [2.75, 3.05) is 18.6 Å². The molecule has 0 saturated heterocycles. The lowest BCUT2D eigenvalue weighted by atomic mass is 9.95. The summed E-state index contributed by atoms with van der Waals surface area (Å²) in [5.41, 5.74) is 1.41. The molecule has 19 heavy (non-hydrogen) atoms. The topological polar surface area (TPSA) is 12.0 Å². The lowest BCUT2D eigenvalue weighted by Crippen LogP contribution is -2.26. The molecular formula is C16H24ClNS. The number of nitrogens with one attached hydrogen (secondary N) is 1. The molecule has 2 rings (SSSR count). The lowest BCUT2D eigenvalue weighted by molar-refractivity contribution is 0.438. The van der Waals surface area contributed by atoms with E-state index in [0.717, 1.165) is 17.0 Å². The monoisotopic (exact) mass is 297 g/mol. The molecule has 0 bridgehead atoms. The molecule has 1 aliphatic carbocycles. The Balaban J connectivity index is 1.81. The van der Waals surface area contributed by atoms with Gasteiger partial charge >= 0.3 is 0 Å². The highest BCUT2D eigenvalue weighted by molar-refractivity contribution is 7.98. The van der Waals surface area contributed by atoms with Crippen molar-refractivity contribution in [3.05, 3.63) is 34.9 Å². The van der Waals surface area contributed by atoms with Gasteiger partial charge < -0.3 is 5.32 Å². The third-order valence-corrected chi connectivity index (χ3v) is 4.62. The Morgan fingerprint density at radius 2 is 2.05 bits per heavy atom. The summed E-state index contributed by atoms with van der Waals surface area (Å²) in [6.07, 6.45) is 8.76. The summed E-state index contributed by atoms with van der Waals surface area (Å²) in [7, 11) is 0. The number of hydrogen-bond acceptors (Lipinski definition) is 2. The van der Waals surface area contributed by atoms with Crippen LogP contribution in [-0.4, -0.2) is 24.6 Å². The molecule has 1 nitrogen and oxygen atoms in total. The molecule has 0 heterocycles. The summed E-state index contributed by atoms with van der Waals surface area (Å²) in [5.74, 6) is 2.04. The first-order valence-corrected chi connectivity index (χ1v) is 9.02. The van der Waals surface area contributed by atoms with Crippen LogP contribution in [0, 0.1) is 5.92 Å². The summed E-state index contributed by atoms with van der Waals surface area (Å²) in [4.78, 5) is 0. The maximum absolute atomic E-state index is 5.95. The van der Waals surface area contributed by atoms with E-state index in [4.69, 9.17) is 11.6 Å². The number of halogens is 1. The van der Waals surface area contributed by atoms with E-state index in [1.165, 1.54) is 50.0 Å². The Morgan fingerprint density at radius 3 is 2.68 bits per heavy atom. The highest BCUT2D eigenvalue weighted by Gasteiger charge is 2.21. The average Bonchev–Trinajstić information content (AvgIpc) is 3.23. The van der Waals surface area contributed by atoms with E-state index in [1.54, 1.807) is 0 Å². The van der Waals surface area contributed by atoms with E-state index in [0.29, 0.717) is 0 Å². The second-order valence-electron chi connectivity index (χ2n) is 5.51. The Kier molecular flexibility index (Phi) is 6.55. The first-order valence-electron chi connectivity index (χ1n) is 7.24. The zero-order valence-electron chi connectivity index (χ0n) is 11.7. The van der Waals surface area contributed by atoms with Crippen LogP contribution in [0.25, 0.3) is 0 Å². The largest absolute Gasteiger partial charge is 0.314 e. The first-order chi connectivity index (χ1) is 9.28. The SMILES string of the molecule is CSCCCC(CNC1CC1)Cc1ccc(Cl)cc1. The smallest absolute Gasteiger partial charge is 0.0406 e. The van der Waals surface area contributed by atoms with Gasteiger partial charge in [0.05, 0.1) is 0 Å². The molecule has 1 fully saturated rings. The van der Waals surface area contributed by atoms with E-state index < -0.39 is 0 Å². The fourth-order valence-electron chi connectivity index (χ4n) is 2.37. The number of hydrogen-bond donors (Lipinski definition) is 1. The van der Waals surface area contributed by atoms with Crippen LogP contribution in [0.3, 0.4) is 0 Å². The van der Waals surface area contributed by atoms with Gasteiger partial charge in [0.2, 0.25) is 0 Å². The normalized spacial score (nSPS) is 16.5. The van der Waals surface area contributed by atoms with Crippen molar-refractivity contribution in [1.82, 2.24) is 5.32 Å².